The second-order valence-electron chi connectivity index (χ2n) is 6.20. The Morgan fingerprint density at radius 3 is 2.31 bits per heavy atom. The first-order valence-corrected chi connectivity index (χ1v) is 9.85. The minimum Gasteiger partial charge on any atom is -0.480 e. The van der Waals surface area contributed by atoms with Gasteiger partial charge in [-0.15, -0.1) is 0 Å². The number of pyridine rings is 1. The van der Waals surface area contributed by atoms with Crippen LogP contribution in [0.15, 0.2) is 40.2 Å². The summed E-state index contributed by atoms with van der Waals surface area (Å²) < 4.78 is 28.7. The molecule has 0 bridgehead atoms. The number of aliphatic carboxylic acids is 1. The zero-order valence-corrected chi connectivity index (χ0v) is 15.3. The molecule has 8 nitrogen and oxygen atoms in total. The summed E-state index contributed by atoms with van der Waals surface area (Å²) in [4.78, 5) is 25.7. The van der Waals surface area contributed by atoms with Crippen molar-refractivity contribution < 1.29 is 18.3 Å². The molecule has 1 N–H and O–H groups in total. The van der Waals surface area contributed by atoms with Crippen molar-refractivity contribution in [3.8, 4) is 0 Å². The van der Waals surface area contributed by atoms with Crippen molar-refractivity contribution in [2.45, 2.75) is 18.4 Å². The van der Waals surface area contributed by atoms with E-state index in [0.717, 1.165) is 17.3 Å². The van der Waals surface area contributed by atoms with Gasteiger partial charge in [-0.1, -0.05) is 25.1 Å². The quantitative estimate of drug-likeness (QED) is 0.808. The van der Waals surface area contributed by atoms with Gasteiger partial charge >= 0.3 is 5.97 Å². The first-order valence-electron chi connectivity index (χ1n) is 8.41. The van der Waals surface area contributed by atoms with Crippen molar-refractivity contribution in [1.82, 2.24) is 13.8 Å². The Balaban J connectivity index is 2.13. The van der Waals surface area contributed by atoms with Crippen molar-refractivity contribution in [3.05, 3.63) is 40.8 Å². The Hall–Kier alpha value is -2.23. The summed E-state index contributed by atoms with van der Waals surface area (Å²) in [5, 5.41) is 9.55. The molecule has 0 saturated carbocycles. The maximum Gasteiger partial charge on any atom is 0.323 e. The molecule has 1 aromatic carbocycles. The van der Waals surface area contributed by atoms with Gasteiger partial charge in [0.2, 0.25) is 10.0 Å². The van der Waals surface area contributed by atoms with Crippen molar-refractivity contribution >= 4 is 26.8 Å². The molecule has 1 aromatic heterocycles. The van der Waals surface area contributed by atoms with Gasteiger partial charge < -0.3 is 14.6 Å². The molecule has 2 heterocycles. The maximum atomic E-state index is 13.2. The third-order valence-electron chi connectivity index (χ3n) is 4.66. The third kappa shape index (κ3) is 3.37. The van der Waals surface area contributed by atoms with Crippen LogP contribution in [0.4, 0.5) is 0 Å². The Morgan fingerprint density at radius 2 is 1.73 bits per heavy atom. The summed E-state index contributed by atoms with van der Waals surface area (Å²) in [5.41, 5.74) is -0.516. The fourth-order valence-corrected chi connectivity index (χ4v) is 4.84. The number of hydrogen-bond donors (Lipinski definition) is 1. The van der Waals surface area contributed by atoms with Gasteiger partial charge in [0.25, 0.3) is 5.56 Å². The number of nitrogens with zero attached hydrogens (tertiary/aromatic N) is 3. The van der Waals surface area contributed by atoms with Gasteiger partial charge in [0, 0.05) is 43.1 Å². The molecule has 1 fully saturated rings. The fourth-order valence-electron chi connectivity index (χ4n) is 3.20. The zero-order chi connectivity index (χ0) is 18.9. The lowest BCUT2D eigenvalue weighted by molar-refractivity contribution is -0.137. The number of rotatable bonds is 5. The van der Waals surface area contributed by atoms with E-state index in [4.69, 9.17) is 5.11 Å². The zero-order valence-electron chi connectivity index (χ0n) is 14.5. The number of carboxylic acids is 1. The molecular formula is C17H21N3O5S. The molecule has 0 atom stereocenters. The van der Waals surface area contributed by atoms with Crippen LogP contribution in [0.2, 0.25) is 0 Å². The summed E-state index contributed by atoms with van der Waals surface area (Å²) in [6.07, 6.45) is 1.15. The number of sulfonamides is 1. The van der Waals surface area contributed by atoms with Crippen molar-refractivity contribution in [2.75, 3.05) is 32.7 Å². The summed E-state index contributed by atoms with van der Waals surface area (Å²) >= 11 is 0. The van der Waals surface area contributed by atoms with Gasteiger partial charge in [-0.2, -0.15) is 4.31 Å². The molecule has 1 saturated heterocycles. The van der Waals surface area contributed by atoms with E-state index in [1.807, 2.05) is 6.92 Å². The lowest BCUT2D eigenvalue weighted by atomic mass is 10.2. The van der Waals surface area contributed by atoms with Gasteiger partial charge in [-0.25, -0.2) is 8.42 Å². The number of piperazine rings is 1. The van der Waals surface area contributed by atoms with Crippen LogP contribution in [-0.4, -0.2) is 66.0 Å². The Morgan fingerprint density at radius 1 is 1.12 bits per heavy atom. The Labute approximate surface area is 151 Å². The van der Waals surface area contributed by atoms with Crippen LogP contribution in [0.5, 0.6) is 0 Å². The highest BCUT2D eigenvalue weighted by atomic mass is 32.2. The molecule has 0 aliphatic carbocycles. The molecule has 3 rings (SSSR count). The highest BCUT2D eigenvalue weighted by Crippen LogP contribution is 2.24. The second kappa shape index (κ2) is 7.18. The minimum absolute atomic E-state index is 0.0288. The Bertz CT molecular complexity index is 991. The van der Waals surface area contributed by atoms with Crippen molar-refractivity contribution in [1.29, 1.82) is 0 Å². The normalized spacial score (nSPS) is 16.8. The molecule has 0 radical (unpaired) electrons. The largest absolute Gasteiger partial charge is 0.480 e. The molecule has 0 spiro atoms. The predicted octanol–water partition coefficient (Wildman–Crippen LogP) is 0.412. The van der Waals surface area contributed by atoms with Crippen molar-refractivity contribution in [2.24, 2.45) is 0 Å². The van der Waals surface area contributed by atoms with E-state index in [1.54, 1.807) is 18.2 Å². The van der Waals surface area contributed by atoms with E-state index in [0.29, 0.717) is 31.6 Å². The highest BCUT2D eigenvalue weighted by molar-refractivity contribution is 7.89. The number of carbonyl (C=O) groups is 1. The monoisotopic (exact) mass is 379 g/mol. The summed E-state index contributed by atoms with van der Waals surface area (Å²) in [5.74, 6) is -1.21. The van der Waals surface area contributed by atoms with Gasteiger partial charge in [0.05, 0.1) is 0 Å². The van der Waals surface area contributed by atoms with Crippen LogP contribution < -0.4 is 5.56 Å². The summed E-state index contributed by atoms with van der Waals surface area (Å²) in [6.45, 7) is 4.31. The maximum absolute atomic E-state index is 13.2. The second-order valence-corrected chi connectivity index (χ2v) is 8.11. The minimum atomic E-state index is -3.84. The first kappa shape index (κ1) is 18.6. The average Bonchev–Trinajstić information content (AvgIpc) is 2.63. The summed E-state index contributed by atoms with van der Waals surface area (Å²) in [6, 6.07) is 6.39. The van der Waals surface area contributed by atoms with Crippen LogP contribution in [-0.2, 0) is 21.4 Å². The topological polar surface area (TPSA) is 99.9 Å². The molecule has 26 heavy (non-hydrogen) atoms. The lowest BCUT2D eigenvalue weighted by Gasteiger charge is -2.33. The average molecular weight is 379 g/mol. The van der Waals surface area contributed by atoms with Crippen LogP contribution in [0.1, 0.15) is 6.92 Å². The lowest BCUT2D eigenvalue weighted by Crippen LogP contribution is -2.48. The van der Waals surface area contributed by atoms with Gasteiger partial charge in [-0.05, 0) is 12.6 Å². The smallest absolute Gasteiger partial charge is 0.323 e. The van der Waals surface area contributed by atoms with E-state index >= 15 is 0 Å². The van der Waals surface area contributed by atoms with Crippen molar-refractivity contribution in [3.63, 3.8) is 0 Å². The molecule has 140 valence electrons. The molecule has 9 heteroatoms. The molecule has 1 aliphatic rings. The van der Waals surface area contributed by atoms with Gasteiger partial charge in [-0.3, -0.25) is 9.59 Å². The third-order valence-corrected chi connectivity index (χ3v) is 6.58. The molecule has 0 amide bonds. The molecular weight excluding hydrogens is 358 g/mol. The number of likely N-dealkylation sites (N-methyl/N-ethyl adjacent to an activating group) is 1. The number of benzene rings is 1. The van der Waals surface area contributed by atoms with E-state index in [1.165, 1.54) is 10.4 Å². The predicted molar refractivity (Wildman–Crippen MR) is 96.7 cm³/mol. The number of hydrogen-bond acceptors (Lipinski definition) is 5. The van der Waals surface area contributed by atoms with Crippen LogP contribution in [0, 0.1) is 0 Å². The first-order chi connectivity index (χ1) is 12.3. The van der Waals surface area contributed by atoms with Crippen LogP contribution in [0.25, 0.3) is 10.8 Å². The van der Waals surface area contributed by atoms with E-state index < -0.39 is 28.1 Å². The summed E-state index contributed by atoms with van der Waals surface area (Å²) in [7, 11) is -3.84. The number of aromatic nitrogens is 1. The molecule has 0 unspecified atom stereocenters. The molecule has 1 aliphatic heterocycles. The Kier molecular flexibility index (Phi) is 5.12. The van der Waals surface area contributed by atoms with E-state index in [9.17, 15) is 18.0 Å². The molecule has 2 aromatic rings. The van der Waals surface area contributed by atoms with Crippen LogP contribution >= 0.6 is 0 Å². The number of fused-ring (bicyclic) bond motifs is 1. The highest BCUT2D eigenvalue weighted by Gasteiger charge is 2.30. The van der Waals surface area contributed by atoms with Gasteiger partial charge in [0.1, 0.15) is 11.4 Å². The van der Waals surface area contributed by atoms with Gasteiger partial charge in [0.15, 0.2) is 0 Å². The van der Waals surface area contributed by atoms with E-state index in [-0.39, 0.29) is 10.3 Å². The van der Waals surface area contributed by atoms with E-state index in [2.05, 4.69) is 4.90 Å². The van der Waals surface area contributed by atoms with Crippen LogP contribution in [0.3, 0.4) is 0 Å². The number of carboxylic acid groups (broad SMARTS) is 1. The SMILES string of the molecule is CCN1CCN(S(=O)(=O)c2cn(CC(=O)O)c(=O)c3ccccc23)CC1. The standard InChI is InChI=1S/C17H21N3O5S/c1-2-18-7-9-20(10-8-18)26(24,25)15-11-19(12-16(21)22)17(23)14-6-4-3-5-13(14)15/h3-6,11H,2,7-10,12H2,1H3,(H,21,22). The fraction of sp³-hybridized carbons (Fsp3) is 0.412.